The first-order valence-electron chi connectivity index (χ1n) is 10.1. The van der Waals surface area contributed by atoms with Crippen LogP contribution in [-0.4, -0.2) is 43.1 Å². The van der Waals surface area contributed by atoms with Crippen molar-refractivity contribution in [2.45, 2.75) is 56.6 Å². The highest BCUT2D eigenvalue weighted by atomic mass is 32.2. The first-order valence-corrected chi connectivity index (χ1v) is 11.5. The third kappa shape index (κ3) is 4.82. The van der Waals surface area contributed by atoms with Crippen LogP contribution < -0.4 is 4.74 Å². The fraction of sp³-hybridized carbons (Fsp3) is 0.478. The van der Waals surface area contributed by atoms with Gasteiger partial charge >= 0.3 is 0 Å². The average molecular weight is 418 g/mol. The Bertz CT molecular complexity index is 915. The zero-order chi connectivity index (χ0) is 21.2. The van der Waals surface area contributed by atoms with Crippen LogP contribution in [0.4, 0.5) is 0 Å². The minimum atomic E-state index is -3.66. The first-order chi connectivity index (χ1) is 13.6. The van der Waals surface area contributed by atoms with E-state index in [9.17, 15) is 13.5 Å². The van der Waals surface area contributed by atoms with Crippen LogP contribution in [0.15, 0.2) is 53.4 Å². The molecule has 0 radical (unpaired) electrons. The lowest BCUT2D eigenvalue weighted by atomic mass is 9.77. The third-order valence-electron chi connectivity index (χ3n) is 5.87. The molecular formula is C23H31NO4S. The normalized spacial score (nSPS) is 21.1. The first kappa shape index (κ1) is 21.8. The second-order valence-corrected chi connectivity index (χ2v) is 10.3. The molecule has 0 saturated carbocycles. The zero-order valence-electron chi connectivity index (χ0n) is 17.6. The van der Waals surface area contributed by atoms with Crippen molar-refractivity contribution in [3.63, 3.8) is 0 Å². The molecule has 0 bridgehead atoms. The molecule has 3 rings (SSSR count). The monoisotopic (exact) mass is 417 g/mol. The number of rotatable bonds is 6. The van der Waals surface area contributed by atoms with Gasteiger partial charge in [0.05, 0.1) is 17.6 Å². The van der Waals surface area contributed by atoms with Crippen molar-refractivity contribution in [1.29, 1.82) is 0 Å². The molecule has 1 fully saturated rings. The number of benzene rings is 2. The Morgan fingerprint density at radius 1 is 1.10 bits per heavy atom. The number of hydrogen-bond acceptors (Lipinski definition) is 4. The van der Waals surface area contributed by atoms with Gasteiger partial charge in [-0.3, -0.25) is 0 Å². The lowest BCUT2D eigenvalue weighted by Gasteiger charge is -2.45. The van der Waals surface area contributed by atoms with Gasteiger partial charge in [0.2, 0.25) is 10.0 Å². The van der Waals surface area contributed by atoms with E-state index in [4.69, 9.17) is 4.74 Å². The predicted molar refractivity (Wildman–Crippen MR) is 115 cm³/mol. The fourth-order valence-corrected chi connectivity index (χ4v) is 5.94. The molecule has 2 unspecified atom stereocenters. The van der Waals surface area contributed by atoms with Crippen LogP contribution in [0, 0.1) is 12.8 Å². The standard InChI is InChI=1S/C23H31NO4S/c1-17-7-13-20(14-8-17)29(26,27)24-15-5-6-21(23(2,3)25)22(24)16-18-9-11-19(28-4)12-10-18/h7-14,21-22,25H,5-6,15-16H2,1-4H3. The second-order valence-electron chi connectivity index (χ2n) is 8.45. The van der Waals surface area contributed by atoms with Crippen molar-refractivity contribution in [1.82, 2.24) is 4.31 Å². The summed E-state index contributed by atoms with van der Waals surface area (Å²) in [5, 5.41) is 10.8. The predicted octanol–water partition coefficient (Wildman–Crippen LogP) is 3.79. The van der Waals surface area contributed by atoms with Crippen molar-refractivity contribution in [2.24, 2.45) is 5.92 Å². The summed E-state index contributed by atoms with van der Waals surface area (Å²) in [5.74, 6) is 0.610. The van der Waals surface area contributed by atoms with E-state index in [2.05, 4.69) is 0 Å². The van der Waals surface area contributed by atoms with Crippen LogP contribution in [0.1, 0.15) is 37.8 Å². The summed E-state index contributed by atoms with van der Waals surface area (Å²) < 4.78 is 33.8. The van der Waals surface area contributed by atoms with Crippen molar-refractivity contribution in [2.75, 3.05) is 13.7 Å². The highest BCUT2D eigenvalue weighted by Gasteiger charge is 2.44. The van der Waals surface area contributed by atoms with E-state index in [0.717, 1.165) is 29.7 Å². The van der Waals surface area contributed by atoms with Gasteiger partial charge in [-0.2, -0.15) is 4.31 Å². The van der Waals surface area contributed by atoms with Gasteiger partial charge in [-0.25, -0.2) is 8.42 Å². The van der Waals surface area contributed by atoms with Crippen LogP contribution in [0.3, 0.4) is 0 Å². The summed E-state index contributed by atoms with van der Waals surface area (Å²) in [6, 6.07) is 14.4. The summed E-state index contributed by atoms with van der Waals surface area (Å²) in [6.07, 6.45) is 2.08. The number of sulfonamides is 1. The molecule has 2 aromatic carbocycles. The van der Waals surface area contributed by atoms with Gasteiger partial charge in [0.25, 0.3) is 0 Å². The van der Waals surface area contributed by atoms with E-state index in [0.29, 0.717) is 17.9 Å². The zero-order valence-corrected chi connectivity index (χ0v) is 18.4. The molecule has 0 aromatic heterocycles. The molecule has 0 aliphatic carbocycles. The molecule has 1 N–H and O–H groups in total. The fourth-order valence-electron chi connectivity index (χ4n) is 4.24. The molecule has 29 heavy (non-hydrogen) atoms. The number of methoxy groups -OCH3 is 1. The lowest BCUT2D eigenvalue weighted by Crippen LogP contribution is -2.55. The molecule has 158 valence electrons. The number of aryl methyl sites for hydroxylation is 1. The van der Waals surface area contributed by atoms with Gasteiger partial charge in [-0.05, 0) is 69.9 Å². The van der Waals surface area contributed by atoms with Crippen molar-refractivity contribution < 1.29 is 18.3 Å². The maximum atomic E-state index is 13.5. The van der Waals surface area contributed by atoms with Crippen molar-refractivity contribution >= 4 is 10.0 Å². The number of hydrogen-bond donors (Lipinski definition) is 1. The summed E-state index contributed by atoms with van der Waals surface area (Å²) in [7, 11) is -2.04. The number of ether oxygens (including phenoxy) is 1. The molecule has 1 saturated heterocycles. The van der Waals surface area contributed by atoms with Crippen LogP contribution in [0.5, 0.6) is 5.75 Å². The van der Waals surface area contributed by atoms with Gasteiger partial charge in [-0.15, -0.1) is 0 Å². The molecule has 1 heterocycles. The highest BCUT2D eigenvalue weighted by molar-refractivity contribution is 7.89. The Labute approximate surface area is 174 Å². The van der Waals surface area contributed by atoms with Gasteiger partial charge < -0.3 is 9.84 Å². The van der Waals surface area contributed by atoms with E-state index in [1.807, 2.05) is 43.3 Å². The minimum Gasteiger partial charge on any atom is -0.497 e. The molecule has 1 aliphatic heterocycles. The number of nitrogens with zero attached hydrogens (tertiary/aromatic N) is 1. The number of aliphatic hydroxyl groups is 1. The average Bonchev–Trinajstić information content (AvgIpc) is 2.68. The SMILES string of the molecule is COc1ccc(CC2C(C(C)(C)O)CCCN2S(=O)(=O)c2ccc(C)cc2)cc1. The van der Waals surface area contributed by atoms with E-state index in [1.54, 1.807) is 37.4 Å². The molecule has 2 aromatic rings. The van der Waals surface area contributed by atoms with Gasteiger partial charge in [0.1, 0.15) is 5.75 Å². The van der Waals surface area contributed by atoms with E-state index in [-0.39, 0.29) is 12.0 Å². The summed E-state index contributed by atoms with van der Waals surface area (Å²) >= 11 is 0. The second kappa shape index (κ2) is 8.46. The van der Waals surface area contributed by atoms with Crippen LogP contribution in [0.25, 0.3) is 0 Å². The lowest BCUT2D eigenvalue weighted by molar-refractivity contribution is -0.0315. The molecule has 1 aliphatic rings. The maximum Gasteiger partial charge on any atom is 0.243 e. The van der Waals surface area contributed by atoms with Crippen LogP contribution in [-0.2, 0) is 16.4 Å². The van der Waals surface area contributed by atoms with E-state index in [1.165, 1.54) is 0 Å². The van der Waals surface area contributed by atoms with Crippen molar-refractivity contribution in [3.05, 3.63) is 59.7 Å². The minimum absolute atomic E-state index is 0.154. The third-order valence-corrected chi connectivity index (χ3v) is 7.81. The summed E-state index contributed by atoms with van der Waals surface area (Å²) in [5.41, 5.74) is 1.07. The highest BCUT2D eigenvalue weighted by Crippen LogP contribution is 2.37. The van der Waals surface area contributed by atoms with Gasteiger partial charge in [0, 0.05) is 18.5 Å². The Balaban J connectivity index is 1.98. The topological polar surface area (TPSA) is 66.8 Å². The molecular weight excluding hydrogens is 386 g/mol. The van der Waals surface area contributed by atoms with Crippen LogP contribution in [0.2, 0.25) is 0 Å². The van der Waals surface area contributed by atoms with Gasteiger partial charge in [0.15, 0.2) is 0 Å². The van der Waals surface area contributed by atoms with E-state index < -0.39 is 15.6 Å². The summed E-state index contributed by atoms with van der Waals surface area (Å²) in [6.45, 7) is 5.96. The Morgan fingerprint density at radius 2 is 1.72 bits per heavy atom. The van der Waals surface area contributed by atoms with Crippen LogP contribution >= 0.6 is 0 Å². The molecule has 2 atom stereocenters. The van der Waals surface area contributed by atoms with E-state index >= 15 is 0 Å². The molecule has 0 amide bonds. The number of piperidine rings is 1. The largest absolute Gasteiger partial charge is 0.497 e. The maximum absolute atomic E-state index is 13.5. The quantitative estimate of drug-likeness (QED) is 0.777. The Kier molecular flexibility index (Phi) is 6.36. The van der Waals surface area contributed by atoms with Gasteiger partial charge in [-0.1, -0.05) is 29.8 Å². The Morgan fingerprint density at radius 3 is 2.28 bits per heavy atom. The molecule has 6 heteroatoms. The smallest absolute Gasteiger partial charge is 0.243 e. The molecule has 5 nitrogen and oxygen atoms in total. The summed E-state index contributed by atoms with van der Waals surface area (Å²) in [4.78, 5) is 0.305. The molecule has 0 spiro atoms. The van der Waals surface area contributed by atoms with Crippen molar-refractivity contribution in [3.8, 4) is 5.75 Å². The Hall–Kier alpha value is -1.89.